The molecule has 0 saturated heterocycles. The summed E-state index contributed by atoms with van der Waals surface area (Å²) in [6.45, 7) is 2.27. The maximum absolute atomic E-state index is 14.2. The van der Waals surface area contributed by atoms with E-state index in [0.29, 0.717) is 17.9 Å². The van der Waals surface area contributed by atoms with E-state index in [9.17, 15) is 18.4 Å². The van der Waals surface area contributed by atoms with Crippen molar-refractivity contribution in [2.24, 2.45) is 0 Å². The lowest BCUT2D eigenvalue weighted by molar-refractivity contribution is 0.101. The molecule has 0 unspecified atom stereocenters. The van der Waals surface area contributed by atoms with Crippen molar-refractivity contribution in [1.29, 1.82) is 0 Å². The van der Waals surface area contributed by atoms with Gasteiger partial charge in [0.1, 0.15) is 12.4 Å². The van der Waals surface area contributed by atoms with Crippen LogP contribution in [0.4, 0.5) is 20.2 Å². The van der Waals surface area contributed by atoms with E-state index in [0.717, 1.165) is 6.07 Å². The molecule has 0 saturated carbocycles. The predicted molar refractivity (Wildman–Crippen MR) is 117 cm³/mol. The van der Waals surface area contributed by atoms with Gasteiger partial charge in [0.15, 0.2) is 11.6 Å². The van der Waals surface area contributed by atoms with Gasteiger partial charge in [-0.3, -0.25) is 9.59 Å². The molecule has 0 atom stereocenters. The molecule has 0 heterocycles. The van der Waals surface area contributed by atoms with E-state index in [-0.39, 0.29) is 29.2 Å². The Kier molecular flexibility index (Phi) is 7.51. The fraction of sp³-hybridized carbons (Fsp3) is 0.167. The summed E-state index contributed by atoms with van der Waals surface area (Å²) < 4.78 is 38.2. The molecule has 0 aliphatic rings. The second-order valence-electron chi connectivity index (χ2n) is 6.90. The molecule has 8 heteroatoms. The molecule has 0 aromatic heterocycles. The molecular formula is C24H22F2N2O4. The smallest absolute Gasteiger partial charge is 0.258 e. The van der Waals surface area contributed by atoms with Gasteiger partial charge in [0.05, 0.1) is 12.2 Å². The van der Waals surface area contributed by atoms with Gasteiger partial charge in [0, 0.05) is 30.1 Å². The molecule has 3 aromatic rings. The minimum atomic E-state index is -0.645. The van der Waals surface area contributed by atoms with Crippen LogP contribution in [0.25, 0.3) is 0 Å². The summed E-state index contributed by atoms with van der Waals surface area (Å²) in [5, 5.41) is 5.22. The van der Waals surface area contributed by atoms with Crippen molar-refractivity contribution in [1.82, 2.24) is 0 Å². The molecule has 0 bridgehead atoms. The Hall–Kier alpha value is -3.78. The predicted octanol–water partition coefficient (Wildman–Crippen LogP) is 4.80. The van der Waals surface area contributed by atoms with E-state index < -0.39 is 23.4 Å². The highest BCUT2D eigenvalue weighted by atomic mass is 19.1. The van der Waals surface area contributed by atoms with Crippen LogP contribution in [0, 0.1) is 18.6 Å². The Morgan fingerprint density at radius 1 is 0.875 bits per heavy atom. The maximum atomic E-state index is 14.2. The summed E-state index contributed by atoms with van der Waals surface area (Å²) in [6.07, 6.45) is 0. The molecule has 3 rings (SSSR count). The Labute approximate surface area is 184 Å². The Balaban J connectivity index is 1.72. The highest BCUT2D eigenvalue weighted by Crippen LogP contribution is 2.23. The Morgan fingerprint density at radius 2 is 1.66 bits per heavy atom. The van der Waals surface area contributed by atoms with Gasteiger partial charge in [-0.2, -0.15) is 0 Å². The number of hydrogen-bond acceptors (Lipinski definition) is 4. The van der Waals surface area contributed by atoms with Crippen molar-refractivity contribution >= 4 is 23.2 Å². The van der Waals surface area contributed by atoms with Crippen molar-refractivity contribution < 1.29 is 27.8 Å². The van der Waals surface area contributed by atoms with Crippen LogP contribution in [0.3, 0.4) is 0 Å². The minimum Gasteiger partial charge on any atom is -0.488 e. The fourth-order valence-corrected chi connectivity index (χ4v) is 2.87. The first kappa shape index (κ1) is 22.9. The molecule has 32 heavy (non-hydrogen) atoms. The van der Waals surface area contributed by atoms with Gasteiger partial charge in [-0.25, -0.2) is 8.78 Å². The second kappa shape index (κ2) is 10.5. The number of methoxy groups -OCH3 is 1. The summed E-state index contributed by atoms with van der Waals surface area (Å²) in [5.41, 5.74) is 1.42. The number of carbonyl (C=O) groups excluding carboxylic acids is 2. The van der Waals surface area contributed by atoms with Crippen LogP contribution in [-0.2, 0) is 4.74 Å². The van der Waals surface area contributed by atoms with E-state index in [1.165, 1.54) is 43.5 Å². The highest BCUT2D eigenvalue weighted by molar-refractivity contribution is 6.07. The molecule has 0 aliphatic carbocycles. The molecule has 166 valence electrons. The number of carbonyl (C=O) groups is 2. The zero-order chi connectivity index (χ0) is 23.1. The summed E-state index contributed by atoms with van der Waals surface area (Å²) >= 11 is 0. The van der Waals surface area contributed by atoms with E-state index in [4.69, 9.17) is 9.47 Å². The second-order valence-corrected chi connectivity index (χ2v) is 6.90. The molecule has 3 aromatic carbocycles. The zero-order valence-corrected chi connectivity index (χ0v) is 17.6. The average molecular weight is 440 g/mol. The number of hydrogen-bond donors (Lipinski definition) is 2. The van der Waals surface area contributed by atoms with Crippen molar-refractivity contribution in [3.8, 4) is 5.75 Å². The largest absolute Gasteiger partial charge is 0.488 e. The summed E-state index contributed by atoms with van der Waals surface area (Å²) in [5.74, 6) is -2.35. The number of halogens is 2. The van der Waals surface area contributed by atoms with Crippen molar-refractivity contribution in [3.05, 3.63) is 89.0 Å². The average Bonchev–Trinajstić information content (AvgIpc) is 2.77. The van der Waals surface area contributed by atoms with Crippen molar-refractivity contribution in [2.45, 2.75) is 6.92 Å². The summed E-state index contributed by atoms with van der Waals surface area (Å²) in [6, 6.07) is 14.4. The van der Waals surface area contributed by atoms with Gasteiger partial charge < -0.3 is 20.1 Å². The molecule has 0 aliphatic heterocycles. The number of benzene rings is 3. The van der Waals surface area contributed by atoms with Gasteiger partial charge in [-0.15, -0.1) is 0 Å². The minimum absolute atomic E-state index is 0.0496. The first-order valence-electron chi connectivity index (χ1n) is 9.78. The number of amides is 2. The first-order chi connectivity index (χ1) is 15.4. The van der Waals surface area contributed by atoms with E-state index in [1.54, 1.807) is 25.1 Å². The van der Waals surface area contributed by atoms with Gasteiger partial charge in [0.25, 0.3) is 11.8 Å². The molecule has 2 amide bonds. The van der Waals surface area contributed by atoms with E-state index in [2.05, 4.69) is 10.6 Å². The molecule has 0 spiro atoms. The highest BCUT2D eigenvalue weighted by Gasteiger charge is 2.15. The number of ether oxygens (including phenoxy) is 2. The third kappa shape index (κ3) is 5.67. The standard InChI is InChI=1S/C24H22F2N2O4/c1-15-7-8-16(13-21(15)28-24(30)18-5-3-4-6-19(18)25)23(29)27-17-9-10-22(20(26)14-17)32-12-11-31-2/h3-10,13-14H,11-12H2,1-2H3,(H,27,29)(H,28,30). The lowest BCUT2D eigenvalue weighted by atomic mass is 10.1. The number of rotatable bonds is 8. The third-order valence-corrected chi connectivity index (χ3v) is 4.60. The van der Waals surface area contributed by atoms with Crippen LogP contribution >= 0.6 is 0 Å². The van der Waals surface area contributed by atoms with Gasteiger partial charge in [0.2, 0.25) is 0 Å². The van der Waals surface area contributed by atoms with Crippen LogP contribution in [0.5, 0.6) is 5.75 Å². The zero-order valence-electron chi connectivity index (χ0n) is 17.6. The van der Waals surface area contributed by atoms with Gasteiger partial charge in [-0.1, -0.05) is 18.2 Å². The monoisotopic (exact) mass is 440 g/mol. The van der Waals surface area contributed by atoms with Crippen LogP contribution in [0.2, 0.25) is 0 Å². The van der Waals surface area contributed by atoms with E-state index >= 15 is 0 Å². The molecule has 6 nitrogen and oxygen atoms in total. The lowest BCUT2D eigenvalue weighted by Crippen LogP contribution is -2.16. The van der Waals surface area contributed by atoms with Crippen molar-refractivity contribution in [2.75, 3.05) is 31.0 Å². The van der Waals surface area contributed by atoms with Crippen LogP contribution in [0.1, 0.15) is 26.3 Å². The lowest BCUT2D eigenvalue weighted by Gasteiger charge is -2.12. The molecule has 2 N–H and O–H groups in total. The normalized spacial score (nSPS) is 10.5. The molecule has 0 fully saturated rings. The fourth-order valence-electron chi connectivity index (χ4n) is 2.87. The Bertz CT molecular complexity index is 1130. The first-order valence-corrected chi connectivity index (χ1v) is 9.78. The summed E-state index contributed by atoms with van der Waals surface area (Å²) in [7, 11) is 1.51. The molecule has 0 radical (unpaired) electrons. The van der Waals surface area contributed by atoms with Crippen molar-refractivity contribution in [3.63, 3.8) is 0 Å². The topological polar surface area (TPSA) is 76.7 Å². The van der Waals surface area contributed by atoms with Gasteiger partial charge in [-0.05, 0) is 48.9 Å². The number of anilines is 2. The SMILES string of the molecule is COCCOc1ccc(NC(=O)c2ccc(C)c(NC(=O)c3ccccc3F)c2)cc1F. The third-order valence-electron chi connectivity index (χ3n) is 4.60. The van der Waals surface area contributed by atoms with Crippen LogP contribution in [0.15, 0.2) is 60.7 Å². The number of aryl methyl sites for hydroxylation is 1. The molecular weight excluding hydrogens is 418 g/mol. The van der Waals surface area contributed by atoms with Gasteiger partial charge >= 0.3 is 0 Å². The quantitative estimate of drug-likeness (QED) is 0.493. The number of nitrogens with one attached hydrogen (secondary N) is 2. The van der Waals surface area contributed by atoms with Crippen LogP contribution < -0.4 is 15.4 Å². The van der Waals surface area contributed by atoms with Crippen LogP contribution in [-0.4, -0.2) is 32.1 Å². The summed E-state index contributed by atoms with van der Waals surface area (Å²) in [4.78, 5) is 25.1. The maximum Gasteiger partial charge on any atom is 0.258 e. The van der Waals surface area contributed by atoms with E-state index in [1.807, 2.05) is 0 Å². The Morgan fingerprint density at radius 3 is 2.38 bits per heavy atom.